The van der Waals surface area contributed by atoms with Crippen LogP contribution in [-0.2, 0) is 0 Å². The van der Waals surface area contributed by atoms with E-state index in [-0.39, 0.29) is 11.9 Å². The van der Waals surface area contributed by atoms with Gasteiger partial charge in [-0.2, -0.15) is 0 Å². The molecule has 0 saturated carbocycles. The van der Waals surface area contributed by atoms with Gasteiger partial charge >= 0.3 is 0 Å². The summed E-state index contributed by atoms with van der Waals surface area (Å²) in [7, 11) is 0. The third kappa shape index (κ3) is 3.87. The van der Waals surface area contributed by atoms with Gasteiger partial charge in [0.2, 0.25) is 0 Å². The van der Waals surface area contributed by atoms with E-state index in [9.17, 15) is 4.39 Å². The minimum absolute atomic E-state index is 0.169. The average molecular weight is 288 g/mol. The van der Waals surface area contributed by atoms with Gasteiger partial charge in [-0.1, -0.05) is 36.2 Å². The standard InChI is InChI=1S/C13H19BrFN/c1-3-5-13(16-8-4-2)11-9-10(15)6-7-12(11)14/h6-7,9,13,16H,3-5,8H2,1-2H3. The molecule has 3 heteroatoms. The Labute approximate surface area is 106 Å². The fourth-order valence-electron chi connectivity index (χ4n) is 1.76. The van der Waals surface area contributed by atoms with Crippen LogP contribution in [0.25, 0.3) is 0 Å². The van der Waals surface area contributed by atoms with E-state index in [1.165, 1.54) is 6.07 Å². The highest BCUT2D eigenvalue weighted by atomic mass is 79.9. The Balaban J connectivity index is 2.85. The molecule has 1 unspecified atom stereocenters. The predicted octanol–water partition coefficient (Wildman–Crippen LogP) is 4.43. The Morgan fingerprint density at radius 1 is 1.31 bits per heavy atom. The summed E-state index contributed by atoms with van der Waals surface area (Å²) < 4.78 is 14.2. The number of benzene rings is 1. The molecule has 0 bridgehead atoms. The molecule has 90 valence electrons. The van der Waals surface area contributed by atoms with E-state index in [0.717, 1.165) is 35.8 Å². The van der Waals surface area contributed by atoms with Crippen molar-refractivity contribution in [1.82, 2.24) is 5.32 Å². The molecule has 0 heterocycles. The number of rotatable bonds is 6. The van der Waals surface area contributed by atoms with Crippen molar-refractivity contribution in [3.63, 3.8) is 0 Å². The van der Waals surface area contributed by atoms with Crippen molar-refractivity contribution in [2.45, 2.75) is 39.2 Å². The first-order chi connectivity index (χ1) is 7.69. The van der Waals surface area contributed by atoms with Gasteiger partial charge in [-0.3, -0.25) is 0 Å². The molecule has 0 amide bonds. The summed E-state index contributed by atoms with van der Waals surface area (Å²) >= 11 is 3.49. The first kappa shape index (κ1) is 13.7. The van der Waals surface area contributed by atoms with Gasteiger partial charge in [0.15, 0.2) is 0 Å². The third-order valence-electron chi connectivity index (χ3n) is 2.55. The van der Waals surface area contributed by atoms with Crippen LogP contribution in [0.5, 0.6) is 0 Å². The maximum absolute atomic E-state index is 13.2. The van der Waals surface area contributed by atoms with Crippen LogP contribution in [0.3, 0.4) is 0 Å². The van der Waals surface area contributed by atoms with E-state index in [2.05, 4.69) is 35.1 Å². The average Bonchev–Trinajstić information content (AvgIpc) is 2.28. The van der Waals surface area contributed by atoms with Gasteiger partial charge < -0.3 is 5.32 Å². The zero-order valence-corrected chi connectivity index (χ0v) is 11.5. The Morgan fingerprint density at radius 3 is 2.69 bits per heavy atom. The second kappa shape index (κ2) is 7.02. The van der Waals surface area contributed by atoms with Crippen LogP contribution in [0.4, 0.5) is 4.39 Å². The highest BCUT2D eigenvalue weighted by molar-refractivity contribution is 9.10. The van der Waals surface area contributed by atoms with Gasteiger partial charge in [0.1, 0.15) is 5.82 Å². The summed E-state index contributed by atoms with van der Waals surface area (Å²) in [6, 6.07) is 5.12. The van der Waals surface area contributed by atoms with Gasteiger partial charge in [0.05, 0.1) is 0 Å². The van der Waals surface area contributed by atoms with Crippen molar-refractivity contribution in [2.75, 3.05) is 6.54 Å². The fraction of sp³-hybridized carbons (Fsp3) is 0.538. The van der Waals surface area contributed by atoms with Gasteiger partial charge in [0, 0.05) is 10.5 Å². The smallest absolute Gasteiger partial charge is 0.123 e. The lowest BCUT2D eigenvalue weighted by molar-refractivity contribution is 0.489. The molecule has 1 aromatic carbocycles. The number of hydrogen-bond donors (Lipinski definition) is 1. The molecule has 1 rings (SSSR count). The highest BCUT2D eigenvalue weighted by Crippen LogP contribution is 2.27. The van der Waals surface area contributed by atoms with Crippen LogP contribution in [0.2, 0.25) is 0 Å². The van der Waals surface area contributed by atoms with Crippen molar-refractivity contribution >= 4 is 15.9 Å². The van der Waals surface area contributed by atoms with Crippen molar-refractivity contribution in [3.05, 3.63) is 34.1 Å². The molecule has 0 aliphatic rings. The second-order valence-corrected chi connectivity index (χ2v) is 4.82. The lowest BCUT2D eigenvalue weighted by Gasteiger charge is -2.19. The van der Waals surface area contributed by atoms with Gasteiger partial charge in [-0.05, 0) is 43.1 Å². The molecule has 0 radical (unpaired) electrons. The number of nitrogens with one attached hydrogen (secondary N) is 1. The van der Waals surface area contributed by atoms with E-state index >= 15 is 0 Å². The quantitative estimate of drug-likeness (QED) is 0.816. The largest absolute Gasteiger partial charge is 0.310 e. The van der Waals surface area contributed by atoms with Crippen LogP contribution in [-0.4, -0.2) is 6.54 Å². The summed E-state index contributed by atoms with van der Waals surface area (Å²) in [5, 5.41) is 3.46. The lowest BCUT2D eigenvalue weighted by atomic mass is 10.0. The minimum Gasteiger partial charge on any atom is -0.310 e. The molecule has 1 aromatic rings. The Morgan fingerprint density at radius 2 is 2.06 bits per heavy atom. The molecule has 1 atom stereocenters. The summed E-state index contributed by atoms with van der Waals surface area (Å²) in [5.41, 5.74) is 1.02. The summed E-state index contributed by atoms with van der Waals surface area (Å²) in [4.78, 5) is 0. The van der Waals surface area contributed by atoms with E-state index in [1.807, 2.05) is 0 Å². The SMILES string of the molecule is CCCNC(CCC)c1cc(F)ccc1Br. The maximum atomic E-state index is 13.2. The van der Waals surface area contributed by atoms with Gasteiger partial charge in [-0.15, -0.1) is 0 Å². The molecular weight excluding hydrogens is 269 g/mol. The molecule has 0 aliphatic heterocycles. The Bertz CT molecular complexity index is 328. The van der Waals surface area contributed by atoms with Gasteiger partial charge in [-0.25, -0.2) is 4.39 Å². The molecule has 16 heavy (non-hydrogen) atoms. The summed E-state index contributed by atoms with van der Waals surface area (Å²) in [6.45, 7) is 5.25. The minimum atomic E-state index is -0.169. The molecule has 0 fully saturated rings. The van der Waals surface area contributed by atoms with Gasteiger partial charge in [0.25, 0.3) is 0 Å². The van der Waals surface area contributed by atoms with E-state index in [1.54, 1.807) is 12.1 Å². The summed E-state index contributed by atoms with van der Waals surface area (Å²) in [6.07, 6.45) is 3.21. The molecule has 1 N–H and O–H groups in total. The highest BCUT2D eigenvalue weighted by Gasteiger charge is 2.13. The van der Waals surface area contributed by atoms with Crippen LogP contribution in [0.1, 0.15) is 44.7 Å². The van der Waals surface area contributed by atoms with E-state index in [4.69, 9.17) is 0 Å². The van der Waals surface area contributed by atoms with Crippen LogP contribution < -0.4 is 5.32 Å². The topological polar surface area (TPSA) is 12.0 Å². The molecule has 0 saturated heterocycles. The van der Waals surface area contributed by atoms with Crippen molar-refractivity contribution in [3.8, 4) is 0 Å². The fourth-order valence-corrected chi connectivity index (χ4v) is 2.28. The Kier molecular flexibility index (Phi) is 5.99. The van der Waals surface area contributed by atoms with Crippen LogP contribution in [0.15, 0.2) is 22.7 Å². The second-order valence-electron chi connectivity index (χ2n) is 3.96. The molecular formula is C13H19BrFN. The number of halogens is 2. The summed E-state index contributed by atoms with van der Waals surface area (Å²) in [5.74, 6) is -0.169. The predicted molar refractivity (Wildman–Crippen MR) is 70.0 cm³/mol. The van der Waals surface area contributed by atoms with Crippen LogP contribution in [0, 0.1) is 5.82 Å². The Hall–Kier alpha value is -0.410. The van der Waals surface area contributed by atoms with Crippen molar-refractivity contribution in [2.24, 2.45) is 0 Å². The zero-order chi connectivity index (χ0) is 12.0. The van der Waals surface area contributed by atoms with E-state index < -0.39 is 0 Å². The first-order valence-corrected chi connectivity index (χ1v) is 6.66. The van der Waals surface area contributed by atoms with Crippen molar-refractivity contribution in [1.29, 1.82) is 0 Å². The van der Waals surface area contributed by atoms with Crippen LogP contribution >= 0.6 is 15.9 Å². The molecule has 0 spiro atoms. The molecule has 0 aromatic heterocycles. The zero-order valence-electron chi connectivity index (χ0n) is 9.89. The lowest BCUT2D eigenvalue weighted by Crippen LogP contribution is -2.22. The van der Waals surface area contributed by atoms with E-state index in [0.29, 0.717) is 0 Å². The first-order valence-electron chi connectivity index (χ1n) is 5.87. The molecule has 1 nitrogen and oxygen atoms in total. The third-order valence-corrected chi connectivity index (χ3v) is 3.27. The maximum Gasteiger partial charge on any atom is 0.123 e. The van der Waals surface area contributed by atoms with Crippen molar-refractivity contribution < 1.29 is 4.39 Å². The normalized spacial score (nSPS) is 12.8. The number of hydrogen-bond acceptors (Lipinski definition) is 1. The monoisotopic (exact) mass is 287 g/mol. The molecule has 0 aliphatic carbocycles.